The molecule has 10 rings (SSSR count). The third kappa shape index (κ3) is 2.27. The standard InChI is InChI=1S/C39H20N2O/c40-21-22-19-29-23-9-1-2-12-27(23)38(42)41-36(29)30(20-22)26-17-18-34-35(37(26)41)28-13-5-8-16-33(28)39(34)31-14-6-3-10-24(31)25-11-4-7-15-32(25)39/h1-20H. The molecule has 3 nitrogen and oxygen atoms in total. The van der Waals surface area contributed by atoms with Gasteiger partial charge in [0.2, 0.25) is 0 Å². The van der Waals surface area contributed by atoms with Crippen LogP contribution in [0.2, 0.25) is 0 Å². The van der Waals surface area contributed by atoms with Gasteiger partial charge in [0, 0.05) is 27.1 Å². The number of nitrogens with zero attached hydrogens (tertiary/aromatic N) is 2. The summed E-state index contributed by atoms with van der Waals surface area (Å²) in [6.07, 6.45) is 0. The van der Waals surface area contributed by atoms with Gasteiger partial charge in [0.15, 0.2) is 0 Å². The van der Waals surface area contributed by atoms with E-state index in [1.54, 1.807) is 0 Å². The summed E-state index contributed by atoms with van der Waals surface area (Å²) in [5.41, 5.74) is 11.6. The van der Waals surface area contributed by atoms with E-state index in [9.17, 15) is 10.1 Å². The summed E-state index contributed by atoms with van der Waals surface area (Å²) >= 11 is 0. The van der Waals surface area contributed by atoms with Crippen LogP contribution in [-0.4, -0.2) is 4.40 Å². The Bertz CT molecular complexity index is 2570. The first-order chi connectivity index (χ1) is 20.7. The van der Waals surface area contributed by atoms with Crippen LogP contribution in [0.1, 0.15) is 27.8 Å². The van der Waals surface area contributed by atoms with E-state index < -0.39 is 5.41 Å². The van der Waals surface area contributed by atoms with Crippen LogP contribution in [0.4, 0.5) is 0 Å². The number of hydrogen-bond donors (Lipinski definition) is 0. The first-order valence-electron chi connectivity index (χ1n) is 14.2. The van der Waals surface area contributed by atoms with E-state index in [1.807, 2.05) is 40.8 Å². The summed E-state index contributed by atoms with van der Waals surface area (Å²) in [4.78, 5) is 14.4. The van der Waals surface area contributed by atoms with Gasteiger partial charge in [-0.05, 0) is 62.5 Å². The van der Waals surface area contributed by atoms with Gasteiger partial charge in [0.25, 0.3) is 5.56 Å². The SMILES string of the molecule is N#Cc1cc2c3ccccc3c(=O)n3c4c5c(ccc4c(c1)c23)C1(c2ccccc2-c2ccccc21)c1ccccc1-5. The van der Waals surface area contributed by atoms with Crippen molar-refractivity contribution < 1.29 is 0 Å². The van der Waals surface area contributed by atoms with E-state index in [4.69, 9.17) is 0 Å². The quantitative estimate of drug-likeness (QED) is 0.184. The molecule has 0 amide bonds. The molecule has 42 heavy (non-hydrogen) atoms. The zero-order valence-electron chi connectivity index (χ0n) is 22.3. The van der Waals surface area contributed by atoms with Gasteiger partial charge >= 0.3 is 0 Å². The van der Waals surface area contributed by atoms with Gasteiger partial charge in [-0.1, -0.05) is 103 Å². The van der Waals surface area contributed by atoms with E-state index in [-0.39, 0.29) is 5.56 Å². The van der Waals surface area contributed by atoms with Gasteiger partial charge in [0.1, 0.15) is 0 Å². The maximum atomic E-state index is 14.4. The van der Waals surface area contributed by atoms with E-state index >= 15 is 0 Å². The molecule has 0 fully saturated rings. The van der Waals surface area contributed by atoms with Crippen LogP contribution in [-0.2, 0) is 5.41 Å². The van der Waals surface area contributed by atoms with Crippen molar-refractivity contribution in [1.29, 1.82) is 5.26 Å². The first kappa shape index (κ1) is 22.0. The third-order valence-electron chi connectivity index (χ3n) is 9.76. The molecular formula is C39H20N2O. The Balaban J connectivity index is 1.50. The second-order valence-electron chi connectivity index (χ2n) is 11.5. The highest BCUT2D eigenvalue weighted by Crippen LogP contribution is 2.63. The Kier molecular flexibility index (Phi) is 3.84. The molecule has 2 aliphatic carbocycles. The van der Waals surface area contributed by atoms with Crippen molar-refractivity contribution in [2.24, 2.45) is 0 Å². The summed E-state index contributed by atoms with van der Waals surface area (Å²) in [5.74, 6) is 0. The van der Waals surface area contributed by atoms with Gasteiger partial charge in [-0.2, -0.15) is 5.26 Å². The summed E-state index contributed by atoms with van der Waals surface area (Å²) in [5, 5.41) is 14.4. The minimum atomic E-state index is -0.486. The van der Waals surface area contributed by atoms with Crippen molar-refractivity contribution >= 4 is 38.0 Å². The number of nitriles is 1. The average Bonchev–Trinajstić information content (AvgIpc) is 3.65. The molecule has 0 saturated heterocycles. The van der Waals surface area contributed by atoms with E-state index in [2.05, 4.69) is 91.0 Å². The van der Waals surface area contributed by atoms with Crippen molar-refractivity contribution in [2.75, 3.05) is 0 Å². The molecule has 0 aliphatic heterocycles. The lowest BCUT2D eigenvalue weighted by molar-refractivity contribution is 0.794. The van der Waals surface area contributed by atoms with Crippen LogP contribution in [0.3, 0.4) is 0 Å². The smallest absolute Gasteiger partial charge is 0.263 e. The number of rotatable bonds is 0. The van der Waals surface area contributed by atoms with Gasteiger partial charge in [-0.3, -0.25) is 9.20 Å². The highest BCUT2D eigenvalue weighted by molar-refractivity contribution is 6.23. The van der Waals surface area contributed by atoms with Crippen molar-refractivity contribution in [1.82, 2.24) is 4.40 Å². The molecule has 0 radical (unpaired) electrons. The average molecular weight is 533 g/mol. The van der Waals surface area contributed by atoms with Crippen molar-refractivity contribution in [3.63, 3.8) is 0 Å². The molecule has 2 heterocycles. The van der Waals surface area contributed by atoms with Crippen LogP contribution in [0.15, 0.2) is 126 Å². The summed E-state index contributed by atoms with van der Waals surface area (Å²) in [6, 6.07) is 44.7. The maximum Gasteiger partial charge on any atom is 0.263 e. The molecular weight excluding hydrogens is 512 g/mol. The Labute approximate surface area is 240 Å². The van der Waals surface area contributed by atoms with Gasteiger partial charge in [-0.25, -0.2) is 0 Å². The molecule has 2 aliphatic rings. The molecule has 1 spiro atoms. The monoisotopic (exact) mass is 532 g/mol. The van der Waals surface area contributed by atoms with Crippen LogP contribution in [0, 0.1) is 11.3 Å². The number of fused-ring (bicyclic) bond motifs is 16. The summed E-state index contributed by atoms with van der Waals surface area (Å²) < 4.78 is 1.94. The predicted molar refractivity (Wildman–Crippen MR) is 168 cm³/mol. The fourth-order valence-corrected chi connectivity index (χ4v) is 8.30. The molecule has 3 heteroatoms. The maximum absolute atomic E-state index is 14.4. The number of hydrogen-bond acceptors (Lipinski definition) is 2. The van der Waals surface area contributed by atoms with Crippen LogP contribution < -0.4 is 5.56 Å². The number of pyridine rings is 1. The summed E-state index contributed by atoms with van der Waals surface area (Å²) in [6.45, 7) is 0. The van der Waals surface area contributed by atoms with Crippen molar-refractivity contribution in [3.8, 4) is 28.3 Å². The molecule has 6 aromatic carbocycles. The first-order valence-corrected chi connectivity index (χ1v) is 14.2. The fourth-order valence-electron chi connectivity index (χ4n) is 8.30. The second-order valence-corrected chi connectivity index (χ2v) is 11.5. The Morgan fingerprint density at radius 2 is 1.07 bits per heavy atom. The molecule has 0 saturated carbocycles. The summed E-state index contributed by atoms with van der Waals surface area (Å²) in [7, 11) is 0. The Morgan fingerprint density at radius 3 is 1.74 bits per heavy atom. The number of benzene rings is 6. The van der Waals surface area contributed by atoms with E-state index in [0.29, 0.717) is 10.9 Å². The van der Waals surface area contributed by atoms with Gasteiger partial charge in [-0.15, -0.1) is 0 Å². The predicted octanol–water partition coefficient (Wildman–Crippen LogP) is 8.41. The Morgan fingerprint density at radius 1 is 0.524 bits per heavy atom. The molecule has 0 bridgehead atoms. The van der Waals surface area contributed by atoms with Gasteiger partial charge in [0.05, 0.1) is 28.1 Å². The minimum Gasteiger partial charge on any atom is -0.274 e. The lowest BCUT2D eigenvalue weighted by Gasteiger charge is -2.30. The lowest BCUT2D eigenvalue weighted by atomic mass is 9.70. The topological polar surface area (TPSA) is 45.3 Å². The zero-order chi connectivity index (χ0) is 27.7. The van der Waals surface area contributed by atoms with Crippen LogP contribution in [0.25, 0.3) is 60.2 Å². The van der Waals surface area contributed by atoms with Gasteiger partial charge < -0.3 is 0 Å². The minimum absolute atomic E-state index is 0.0261. The van der Waals surface area contributed by atoms with Crippen molar-refractivity contribution in [3.05, 3.63) is 159 Å². The molecule has 2 aromatic heterocycles. The molecule has 192 valence electrons. The largest absolute Gasteiger partial charge is 0.274 e. The fraction of sp³-hybridized carbons (Fsp3) is 0.0256. The lowest BCUT2D eigenvalue weighted by Crippen LogP contribution is -2.25. The normalized spacial score (nSPS) is 14.0. The highest BCUT2D eigenvalue weighted by Gasteiger charge is 2.52. The molecule has 0 unspecified atom stereocenters. The van der Waals surface area contributed by atoms with Crippen molar-refractivity contribution in [2.45, 2.75) is 5.41 Å². The molecule has 8 aromatic rings. The van der Waals surface area contributed by atoms with E-state index in [0.717, 1.165) is 43.7 Å². The Hall–Kier alpha value is -5.72. The molecule has 0 N–H and O–H groups in total. The zero-order valence-corrected chi connectivity index (χ0v) is 22.3. The van der Waals surface area contributed by atoms with Crippen LogP contribution >= 0.6 is 0 Å². The number of aromatic nitrogens is 1. The van der Waals surface area contributed by atoms with Crippen LogP contribution in [0.5, 0.6) is 0 Å². The van der Waals surface area contributed by atoms with E-state index in [1.165, 1.54) is 33.4 Å². The third-order valence-corrected chi connectivity index (χ3v) is 9.76. The second kappa shape index (κ2) is 7.32. The highest BCUT2D eigenvalue weighted by atomic mass is 16.1. The molecule has 0 atom stereocenters.